The van der Waals surface area contributed by atoms with Crippen LogP contribution in [0.2, 0.25) is 0 Å². The van der Waals surface area contributed by atoms with Crippen LogP contribution in [-0.2, 0) is 4.79 Å². The maximum atomic E-state index is 12.1. The number of amides is 1. The molecule has 0 saturated carbocycles. The van der Waals surface area contributed by atoms with E-state index in [1.165, 1.54) is 17.4 Å². The molecule has 25 heavy (non-hydrogen) atoms. The normalized spacial score (nSPS) is 11.1. The van der Waals surface area contributed by atoms with Gasteiger partial charge in [-0.3, -0.25) is 4.79 Å². The number of nitrogens with zero attached hydrogens (tertiary/aromatic N) is 1. The molecule has 1 heterocycles. The number of aliphatic carboxylic acids is 1. The first kappa shape index (κ1) is 16.6. The summed E-state index contributed by atoms with van der Waals surface area (Å²) >= 11 is 1.35. The van der Waals surface area contributed by atoms with E-state index in [1.54, 1.807) is 36.5 Å². The summed E-state index contributed by atoms with van der Waals surface area (Å²) in [5, 5.41) is 12.3. The van der Waals surface area contributed by atoms with Crippen molar-refractivity contribution in [3.8, 4) is 10.4 Å². The molecule has 0 saturated heterocycles. The highest BCUT2D eigenvalue weighted by atomic mass is 32.1. The van der Waals surface area contributed by atoms with Crippen molar-refractivity contribution in [2.75, 3.05) is 0 Å². The van der Waals surface area contributed by atoms with Crippen LogP contribution in [0.25, 0.3) is 16.5 Å². The molecule has 0 bridgehead atoms. The zero-order valence-electron chi connectivity index (χ0n) is 13.0. The van der Waals surface area contributed by atoms with Gasteiger partial charge >= 0.3 is 5.97 Å². The van der Waals surface area contributed by atoms with Crippen LogP contribution in [0.4, 0.5) is 0 Å². The summed E-state index contributed by atoms with van der Waals surface area (Å²) in [4.78, 5) is 28.7. The predicted octanol–water partition coefficient (Wildman–Crippen LogP) is 3.67. The molecule has 3 aromatic rings. The van der Waals surface area contributed by atoms with Crippen LogP contribution in [0.5, 0.6) is 0 Å². The molecule has 1 amide bonds. The van der Waals surface area contributed by atoms with Crippen molar-refractivity contribution in [2.45, 2.75) is 0 Å². The lowest BCUT2D eigenvalue weighted by Crippen LogP contribution is -2.27. The summed E-state index contributed by atoms with van der Waals surface area (Å²) < 4.78 is 0. The number of carbonyl (C=O) groups excluding carboxylic acids is 1. The highest BCUT2D eigenvalue weighted by molar-refractivity contribution is 7.15. The second-order valence-electron chi connectivity index (χ2n) is 5.11. The lowest BCUT2D eigenvalue weighted by molar-refractivity contribution is -0.132. The highest BCUT2D eigenvalue weighted by Crippen LogP contribution is 2.26. The van der Waals surface area contributed by atoms with Crippen molar-refractivity contribution in [3.05, 3.63) is 83.1 Å². The number of carboxylic acid groups (broad SMARTS) is 1. The number of carboxylic acids is 1. The number of aromatic nitrogens is 1. The van der Waals surface area contributed by atoms with Gasteiger partial charge in [-0.1, -0.05) is 48.5 Å². The molecule has 1 aromatic heterocycles. The molecule has 0 aliphatic heterocycles. The molecule has 0 aliphatic carbocycles. The summed E-state index contributed by atoms with van der Waals surface area (Å²) in [6.45, 7) is 0. The number of nitrogens with one attached hydrogen (secondary N) is 1. The van der Waals surface area contributed by atoms with Crippen LogP contribution in [0.3, 0.4) is 0 Å². The number of hydrogen-bond donors (Lipinski definition) is 2. The van der Waals surface area contributed by atoms with Crippen molar-refractivity contribution >= 4 is 29.3 Å². The molecule has 2 N–H and O–H groups in total. The summed E-state index contributed by atoms with van der Waals surface area (Å²) in [6.07, 6.45) is 3.05. The number of carbonyl (C=O) groups is 2. The topological polar surface area (TPSA) is 79.3 Å². The SMILES string of the molecule is O=C(O)/C(=C/c1ncc(-c2ccccc2)s1)NC(=O)c1ccccc1. The molecular formula is C19H14N2O3S. The molecule has 0 spiro atoms. The Hall–Kier alpha value is -3.25. The van der Waals surface area contributed by atoms with Gasteiger partial charge in [-0.15, -0.1) is 11.3 Å². The first-order valence-corrected chi connectivity index (χ1v) is 8.28. The van der Waals surface area contributed by atoms with Gasteiger partial charge in [0.2, 0.25) is 0 Å². The Bertz CT molecular complexity index is 918. The smallest absolute Gasteiger partial charge is 0.352 e. The average molecular weight is 350 g/mol. The van der Waals surface area contributed by atoms with E-state index in [4.69, 9.17) is 0 Å². The van der Waals surface area contributed by atoms with Crippen LogP contribution in [0.1, 0.15) is 15.4 Å². The quantitative estimate of drug-likeness (QED) is 0.688. The first-order chi connectivity index (χ1) is 12.1. The number of benzene rings is 2. The fraction of sp³-hybridized carbons (Fsp3) is 0. The molecule has 0 radical (unpaired) electrons. The van der Waals surface area contributed by atoms with E-state index in [2.05, 4.69) is 10.3 Å². The Kier molecular flexibility index (Phi) is 5.01. The van der Waals surface area contributed by atoms with Gasteiger partial charge in [0.15, 0.2) is 0 Å². The van der Waals surface area contributed by atoms with E-state index >= 15 is 0 Å². The number of thiazole rings is 1. The molecule has 5 nitrogen and oxygen atoms in total. The van der Waals surface area contributed by atoms with Crippen molar-refractivity contribution in [2.24, 2.45) is 0 Å². The fourth-order valence-electron chi connectivity index (χ4n) is 2.15. The molecule has 0 unspecified atom stereocenters. The van der Waals surface area contributed by atoms with Crippen LogP contribution in [0, 0.1) is 0 Å². The van der Waals surface area contributed by atoms with Crippen LogP contribution in [0.15, 0.2) is 72.6 Å². The standard InChI is InChI=1S/C19H14N2O3S/c22-18(14-9-5-2-6-10-14)21-15(19(23)24)11-17-20-12-16(25-17)13-7-3-1-4-8-13/h1-12H,(H,21,22)(H,23,24)/b15-11-. The molecule has 6 heteroatoms. The number of hydrogen-bond acceptors (Lipinski definition) is 4. The molecule has 0 atom stereocenters. The minimum Gasteiger partial charge on any atom is -0.477 e. The van der Waals surface area contributed by atoms with Gasteiger partial charge in [0.05, 0.1) is 4.88 Å². The van der Waals surface area contributed by atoms with Crippen molar-refractivity contribution in [1.82, 2.24) is 10.3 Å². The summed E-state index contributed by atoms with van der Waals surface area (Å²) in [5.41, 5.74) is 1.17. The lowest BCUT2D eigenvalue weighted by atomic mass is 10.2. The van der Waals surface area contributed by atoms with E-state index < -0.39 is 11.9 Å². The van der Waals surface area contributed by atoms with Crippen molar-refractivity contribution < 1.29 is 14.7 Å². The molecule has 124 valence electrons. The van der Waals surface area contributed by atoms with Gasteiger partial charge in [0.25, 0.3) is 5.91 Å². The molecular weight excluding hydrogens is 336 g/mol. The second-order valence-corrected chi connectivity index (χ2v) is 6.17. The van der Waals surface area contributed by atoms with Gasteiger partial charge in [0, 0.05) is 17.8 Å². The van der Waals surface area contributed by atoms with Crippen molar-refractivity contribution in [1.29, 1.82) is 0 Å². The van der Waals surface area contributed by atoms with Gasteiger partial charge in [0.1, 0.15) is 10.7 Å². The predicted molar refractivity (Wildman–Crippen MR) is 97.1 cm³/mol. The first-order valence-electron chi connectivity index (χ1n) is 7.46. The van der Waals surface area contributed by atoms with E-state index in [0.717, 1.165) is 10.4 Å². The second kappa shape index (κ2) is 7.55. The van der Waals surface area contributed by atoms with E-state index in [9.17, 15) is 14.7 Å². The Balaban J connectivity index is 1.82. The summed E-state index contributed by atoms with van der Waals surface area (Å²) in [5.74, 6) is -1.70. The monoisotopic (exact) mass is 350 g/mol. The highest BCUT2D eigenvalue weighted by Gasteiger charge is 2.14. The Morgan fingerprint density at radius 2 is 1.64 bits per heavy atom. The van der Waals surface area contributed by atoms with E-state index in [-0.39, 0.29) is 5.70 Å². The van der Waals surface area contributed by atoms with E-state index in [0.29, 0.717) is 10.6 Å². The maximum Gasteiger partial charge on any atom is 0.352 e. The minimum atomic E-state index is -1.22. The summed E-state index contributed by atoms with van der Waals surface area (Å²) in [7, 11) is 0. The van der Waals surface area contributed by atoms with Gasteiger partial charge in [-0.05, 0) is 17.7 Å². The van der Waals surface area contributed by atoms with Crippen molar-refractivity contribution in [3.63, 3.8) is 0 Å². The fourth-order valence-corrected chi connectivity index (χ4v) is 3.02. The third kappa shape index (κ3) is 4.19. The Morgan fingerprint density at radius 1 is 1.00 bits per heavy atom. The third-order valence-electron chi connectivity index (χ3n) is 3.36. The maximum absolute atomic E-state index is 12.1. The summed E-state index contributed by atoms with van der Waals surface area (Å²) in [6, 6.07) is 18.1. The third-order valence-corrected chi connectivity index (χ3v) is 4.36. The van der Waals surface area contributed by atoms with Crippen LogP contribution >= 0.6 is 11.3 Å². The molecule has 0 fully saturated rings. The van der Waals surface area contributed by atoms with E-state index in [1.807, 2.05) is 30.3 Å². The Morgan fingerprint density at radius 3 is 2.28 bits per heavy atom. The zero-order chi connectivity index (χ0) is 17.6. The van der Waals surface area contributed by atoms with Crippen LogP contribution in [-0.4, -0.2) is 22.0 Å². The van der Waals surface area contributed by atoms with Gasteiger partial charge < -0.3 is 10.4 Å². The molecule has 0 aliphatic rings. The number of rotatable bonds is 5. The zero-order valence-corrected chi connectivity index (χ0v) is 13.9. The van der Waals surface area contributed by atoms with Crippen LogP contribution < -0.4 is 5.32 Å². The lowest BCUT2D eigenvalue weighted by Gasteiger charge is -2.05. The van der Waals surface area contributed by atoms with Gasteiger partial charge in [-0.2, -0.15) is 0 Å². The minimum absolute atomic E-state index is 0.220. The Labute approximate surface area is 148 Å². The van der Waals surface area contributed by atoms with Gasteiger partial charge in [-0.25, -0.2) is 9.78 Å². The average Bonchev–Trinajstić information content (AvgIpc) is 3.11. The molecule has 3 rings (SSSR count). The largest absolute Gasteiger partial charge is 0.477 e. The molecule has 2 aromatic carbocycles.